The predicted octanol–water partition coefficient (Wildman–Crippen LogP) is 1.36. The van der Waals surface area contributed by atoms with Crippen LogP contribution in [0.3, 0.4) is 0 Å². The Morgan fingerprint density at radius 3 is 3.06 bits per heavy atom. The summed E-state index contributed by atoms with van der Waals surface area (Å²) in [5.74, 6) is 1.91. The number of imidazole rings is 1. The van der Waals surface area contributed by atoms with Gasteiger partial charge < -0.3 is 15.0 Å². The molecule has 0 spiro atoms. The highest BCUT2D eigenvalue weighted by Gasteiger charge is 2.12. The van der Waals surface area contributed by atoms with Gasteiger partial charge in [-0.15, -0.1) is 0 Å². The fourth-order valence-corrected chi connectivity index (χ4v) is 2.07. The minimum Gasteiger partial charge on any atom is -0.381 e. The molecule has 0 amide bonds. The van der Waals surface area contributed by atoms with Gasteiger partial charge in [0.1, 0.15) is 5.82 Å². The predicted molar refractivity (Wildman–Crippen MR) is 63.3 cm³/mol. The van der Waals surface area contributed by atoms with Crippen molar-refractivity contribution in [3.05, 3.63) is 18.2 Å². The first kappa shape index (κ1) is 11.6. The van der Waals surface area contributed by atoms with Crippen molar-refractivity contribution >= 4 is 0 Å². The zero-order valence-electron chi connectivity index (χ0n) is 9.74. The topological polar surface area (TPSA) is 49.9 Å². The lowest BCUT2D eigenvalue weighted by atomic mass is 10.0. The molecule has 0 radical (unpaired) electrons. The van der Waals surface area contributed by atoms with Crippen molar-refractivity contribution in [1.82, 2.24) is 15.3 Å². The summed E-state index contributed by atoms with van der Waals surface area (Å²) < 4.78 is 5.34. The van der Waals surface area contributed by atoms with Gasteiger partial charge in [0.05, 0.1) is 0 Å². The van der Waals surface area contributed by atoms with Crippen molar-refractivity contribution < 1.29 is 4.74 Å². The average molecular weight is 223 g/mol. The van der Waals surface area contributed by atoms with E-state index in [9.17, 15) is 0 Å². The SMILES string of the molecule is c1c[nH]c(CCCNCC2CCOCC2)n1. The molecular weight excluding hydrogens is 202 g/mol. The molecule has 1 aromatic heterocycles. The van der Waals surface area contributed by atoms with Crippen molar-refractivity contribution in [2.45, 2.75) is 25.7 Å². The molecule has 1 aliphatic rings. The number of aryl methyl sites for hydroxylation is 1. The molecule has 4 heteroatoms. The van der Waals surface area contributed by atoms with Crippen molar-refractivity contribution in [3.63, 3.8) is 0 Å². The standard InChI is InChI=1S/C12H21N3O/c1(2-12-14-6-7-15-12)5-13-10-11-3-8-16-9-4-11/h6-7,11,13H,1-5,8-10H2,(H,14,15). The quantitative estimate of drug-likeness (QED) is 0.716. The molecule has 16 heavy (non-hydrogen) atoms. The highest BCUT2D eigenvalue weighted by Crippen LogP contribution is 2.12. The van der Waals surface area contributed by atoms with E-state index in [0.717, 1.165) is 50.9 Å². The Labute approximate surface area is 96.8 Å². The number of rotatable bonds is 6. The molecule has 1 saturated heterocycles. The van der Waals surface area contributed by atoms with Crippen LogP contribution in [0.2, 0.25) is 0 Å². The van der Waals surface area contributed by atoms with E-state index in [1.807, 2.05) is 12.4 Å². The normalized spacial score (nSPS) is 17.8. The van der Waals surface area contributed by atoms with Crippen LogP contribution in [0.1, 0.15) is 25.1 Å². The maximum atomic E-state index is 5.34. The van der Waals surface area contributed by atoms with Gasteiger partial charge >= 0.3 is 0 Å². The Bertz CT molecular complexity index is 268. The zero-order chi connectivity index (χ0) is 11.1. The smallest absolute Gasteiger partial charge is 0.106 e. The van der Waals surface area contributed by atoms with E-state index in [0.29, 0.717) is 0 Å². The maximum absolute atomic E-state index is 5.34. The fourth-order valence-electron chi connectivity index (χ4n) is 2.07. The van der Waals surface area contributed by atoms with Gasteiger partial charge in [-0.1, -0.05) is 0 Å². The number of hydrogen-bond donors (Lipinski definition) is 2. The monoisotopic (exact) mass is 223 g/mol. The third kappa shape index (κ3) is 3.94. The van der Waals surface area contributed by atoms with E-state index in [-0.39, 0.29) is 0 Å². The van der Waals surface area contributed by atoms with E-state index in [2.05, 4.69) is 15.3 Å². The summed E-state index contributed by atoms with van der Waals surface area (Å²) in [6.07, 6.45) is 8.30. The Kier molecular flexibility index (Phi) is 4.83. The van der Waals surface area contributed by atoms with Gasteiger partial charge in [-0.3, -0.25) is 0 Å². The minimum absolute atomic E-state index is 0.817. The molecular formula is C12H21N3O. The van der Waals surface area contributed by atoms with Crippen LogP contribution in [-0.4, -0.2) is 36.3 Å². The van der Waals surface area contributed by atoms with Gasteiger partial charge in [-0.05, 0) is 38.3 Å². The lowest BCUT2D eigenvalue weighted by molar-refractivity contribution is 0.0663. The number of hydrogen-bond acceptors (Lipinski definition) is 3. The van der Waals surface area contributed by atoms with Crippen LogP contribution in [0.15, 0.2) is 12.4 Å². The van der Waals surface area contributed by atoms with Gasteiger partial charge in [-0.2, -0.15) is 0 Å². The molecule has 0 atom stereocenters. The molecule has 0 aliphatic carbocycles. The lowest BCUT2D eigenvalue weighted by Crippen LogP contribution is -2.28. The molecule has 2 rings (SSSR count). The fraction of sp³-hybridized carbons (Fsp3) is 0.750. The van der Waals surface area contributed by atoms with Crippen molar-refractivity contribution in [3.8, 4) is 0 Å². The van der Waals surface area contributed by atoms with Crippen LogP contribution in [0.25, 0.3) is 0 Å². The second-order valence-corrected chi connectivity index (χ2v) is 4.40. The molecule has 90 valence electrons. The summed E-state index contributed by atoms with van der Waals surface area (Å²) in [5, 5.41) is 3.52. The third-order valence-corrected chi connectivity index (χ3v) is 3.10. The number of ether oxygens (including phenoxy) is 1. The summed E-state index contributed by atoms with van der Waals surface area (Å²) >= 11 is 0. The number of H-pyrrole nitrogens is 1. The molecule has 4 nitrogen and oxygen atoms in total. The highest BCUT2D eigenvalue weighted by molar-refractivity contribution is 4.86. The van der Waals surface area contributed by atoms with Gasteiger partial charge in [0.15, 0.2) is 0 Å². The Morgan fingerprint density at radius 2 is 2.31 bits per heavy atom. The maximum Gasteiger partial charge on any atom is 0.106 e. The molecule has 0 saturated carbocycles. The summed E-state index contributed by atoms with van der Waals surface area (Å²) in [4.78, 5) is 7.33. The third-order valence-electron chi connectivity index (χ3n) is 3.10. The molecule has 1 aliphatic heterocycles. The minimum atomic E-state index is 0.817. The first-order valence-corrected chi connectivity index (χ1v) is 6.22. The number of nitrogens with zero attached hydrogens (tertiary/aromatic N) is 1. The summed E-state index contributed by atoms with van der Waals surface area (Å²) in [6.45, 7) is 4.11. The van der Waals surface area contributed by atoms with Gasteiger partial charge in [0.2, 0.25) is 0 Å². The van der Waals surface area contributed by atoms with Crippen LogP contribution in [-0.2, 0) is 11.2 Å². The highest BCUT2D eigenvalue weighted by atomic mass is 16.5. The second-order valence-electron chi connectivity index (χ2n) is 4.40. The van der Waals surface area contributed by atoms with E-state index in [1.54, 1.807) is 0 Å². The van der Waals surface area contributed by atoms with E-state index in [1.165, 1.54) is 12.8 Å². The molecule has 0 aromatic carbocycles. The van der Waals surface area contributed by atoms with E-state index >= 15 is 0 Å². The summed E-state index contributed by atoms with van der Waals surface area (Å²) in [7, 11) is 0. The van der Waals surface area contributed by atoms with Crippen LogP contribution in [0, 0.1) is 5.92 Å². The van der Waals surface area contributed by atoms with Crippen LogP contribution >= 0.6 is 0 Å². The van der Waals surface area contributed by atoms with Crippen LogP contribution in [0.4, 0.5) is 0 Å². The molecule has 0 bridgehead atoms. The first-order valence-electron chi connectivity index (χ1n) is 6.22. The number of nitrogens with one attached hydrogen (secondary N) is 2. The Balaban J connectivity index is 1.48. The van der Waals surface area contributed by atoms with E-state index < -0.39 is 0 Å². The second kappa shape index (κ2) is 6.66. The molecule has 2 heterocycles. The Hall–Kier alpha value is -0.870. The molecule has 1 fully saturated rings. The van der Waals surface area contributed by atoms with Crippen molar-refractivity contribution in [2.24, 2.45) is 5.92 Å². The van der Waals surface area contributed by atoms with Gasteiger partial charge in [-0.25, -0.2) is 4.98 Å². The Morgan fingerprint density at radius 1 is 1.44 bits per heavy atom. The molecule has 2 N–H and O–H groups in total. The van der Waals surface area contributed by atoms with E-state index in [4.69, 9.17) is 4.74 Å². The number of aromatic amines is 1. The lowest BCUT2D eigenvalue weighted by Gasteiger charge is -2.22. The number of aromatic nitrogens is 2. The zero-order valence-corrected chi connectivity index (χ0v) is 9.74. The summed E-state index contributed by atoms with van der Waals surface area (Å²) in [5.41, 5.74) is 0. The molecule has 0 unspecified atom stereocenters. The van der Waals surface area contributed by atoms with Gasteiger partial charge in [0.25, 0.3) is 0 Å². The summed E-state index contributed by atoms with van der Waals surface area (Å²) in [6, 6.07) is 0. The van der Waals surface area contributed by atoms with Crippen molar-refractivity contribution in [1.29, 1.82) is 0 Å². The van der Waals surface area contributed by atoms with Crippen LogP contribution in [0.5, 0.6) is 0 Å². The van der Waals surface area contributed by atoms with Crippen molar-refractivity contribution in [2.75, 3.05) is 26.3 Å². The first-order chi connectivity index (χ1) is 7.95. The molecule has 1 aromatic rings. The largest absolute Gasteiger partial charge is 0.381 e. The van der Waals surface area contributed by atoms with Crippen LogP contribution < -0.4 is 5.32 Å². The average Bonchev–Trinajstić information content (AvgIpc) is 2.83. The van der Waals surface area contributed by atoms with Gasteiger partial charge in [0, 0.05) is 32.0 Å².